The molecule has 3 aromatic heterocycles. The van der Waals surface area contributed by atoms with Crippen LogP contribution in [0, 0.1) is 10.1 Å². The smallest absolute Gasteiger partial charge is 0.419 e. The monoisotopic (exact) mass is 1080 g/mol. The number of pyridine rings is 2. The van der Waals surface area contributed by atoms with Gasteiger partial charge in [-0.15, -0.1) is 0 Å². The first-order valence-electron chi connectivity index (χ1n) is 18.6. The van der Waals surface area contributed by atoms with Crippen molar-refractivity contribution in [2.75, 3.05) is 32.4 Å². The van der Waals surface area contributed by atoms with E-state index in [1.165, 1.54) is 25.0 Å². The van der Waals surface area contributed by atoms with Crippen LogP contribution in [0.2, 0.25) is 10.0 Å². The number of hydrogen-bond acceptors (Lipinski definition) is 17. The van der Waals surface area contributed by atoms with Crippen LogP contribution in [0.25, 0.3) is 10.9 Å². The fraction of sp³-hybridized carbons (Fsp3) is 0.154. The number of fused-ring (bicyclic) bond motifs is 1. The summed E-state index contributed by atoms with van der Waals surface area (Å²) in [6, 6.07) is 13.2. The third-order valence-corrected chi connectivity index (χ3v) is 10.6. The number of halogens is 8. The maximum Gasteiger partial charge on any atom is 0.419 e. The number of carboxylic acids is 1. The molecule has 3 aromatic carbocycles. The highest BCUT2D eigenvalue weighted by molar-refractivity contribution is 7.90. The Labute approximate surface area is 405 Å². The van der Waals surface area contributed by atoms with E-state index in [1.54, 1.807) is 35.2 Å². The van der Waals surface area contributed by atoms with Crippen molar-refractivity contribution in [1.82, 2.24) is 29.4 Å². The van der Waals surface area contributed by atoms with Gasteiger partial charge in [0.05, 0.1) is 52.6 Å². The number of nitrogens with zero attached hydrogens (tertiary/aromatic N) is 5. The number of methoxy groups -OCH3 is 2. The van der Waals surface area contributed by atoms with Gasteiger partial charge in [-0.3, -0.25) is 25.2 Å². The molecule has 0 saturated carbocycles. The topological polar surface area (TPSA) is 307 Å². The lowest BCUT2D eigenvalue weighted by Crippen LogP contribution is -2.36. The van der Waals surface area contributed by atoms with E-state index < -0.39 is 100 Å². The summed E-state index contributed by atoms with van der Waals surface area (Å²) in [6.07, 6.45) is -6.48. The van der Waals surface area contributed by atoms with Crippen molar-refractivity contribution >= 4 is 83.7 Å². The molecule has 0 bridgehead atoms. The summed E-state index contributed by atoms with van der Waals surface area (Å²) >= 11 is 11.7. The van der Waals surface area contributed by atoms with E-state index in [4.69, 9.17) is 47.3 Å². The molecule has 32 heteroatoms. The number of benzene rings is 3. The molecule has 3 heterocycles. The van der Waals surface area contributed by atoms with Crippen LogP contribution in [-0.4, -0.2) is 91.8 Å². The molecule has 0 atom stereocenters. The van der Waals surface area contributed by atoms with Gasteiger partial charge in [0.25, 0.3) is 21.6 Å². The Morgan fingerprint density at radius 1 is 0.789 bits per heavy atom. The molecular weight excluding hydrogens is 1050 g/mol. The molecule has 378 valence electrons. The van der Waals surface area contributed by atoms with E-state index in [0.29, 0.717) is 40.7 Å². The number of amides is 3. The molecule has 0 aliphatic rings. The molecule has 0 unspecified atom stereocenters. The Morgan fingerprint density at radius 3 is 1.97 bits per heavy atom. The zero-order chi connectivity index (χ0) is 53.1. The van der Waals surface area contributed by atoms with Crippen LogP contribution >= 0.6 is 23.2 Å². The minimum absolute atomic E-state index is 0.0101. The van der Waals surface area contributed by atoms with Crippen LogP contribution in [0.3, 0.4) is 0 Å². The number of nitro groups is 1. The van der Waals surface area contributed by atoms with E-state index in [1.807, 2.05) is 5.32 Å². The average Bonchev–Trinajstić information content (AvgIpc) is 3.28. The normalized spacial score (nSPS) is 11.4. The molecular formula is C39H30Cl2F6N8O14S2. The predicted molar refractivity (Wildman–Crippen MR) is 236 cm³/mol. The number of ether oxygens (including phenoxy) is 4. The number of alkyl halides is 6. The predicted octanol–water partition coefficient (Wildman–Crippen LogP) is 7.52. The van der Waals surface area contributed by atoms with Crippen molar-refractivity contribution in [2.24, 2.45) is 0 Å². The lowest BCUT2D eigenvalue weighted by molar-refractivity contribution is -0.385. The number of sulfonamides is 2. The third-order valence-electron chi connectivity index (χ3n) is 8.09. The number of anilines is 1. The molecule has 0 aliphatic heterocycles. The summed E-state index contributed by atoms with van der Waals surface area (Å²) in [6.45, 7) is -0.396. The van der Waals surface area contributed by atoms with Crippen molar-refractivity contribution < 1.29 is 86.5 Å². The quantitative estimate of drug-likeness (QED) is 0.0493. The van der Waals surface area contributed by atoms with Crippen molar-refractivity contribution in [3.8, 4) is 29.0 Å². The fourth-order valence-corrected chi connectivity index (χ4v) is 7.13. The molecule has 0 aliphatic carbocycles. The number of hydrogen-bond donors (Lipinski definition) is 4. The highest BCUT2D eigenvalue weighted by Gasteiger charge is 2.39. The molecule has 3 amide bonds. The lowest BCUT2D eigenvalue weighted by atomic mass is 10.1. The van der Waals surface area contributed by atoms with Gasteiger partial charge in [-0.25, -0.2) is 32.4 Å². The van der Waals surface area contributed by atoms with Crippen molar-refractivity contribution in [2.45, 2.75) is 17.4 Å². The summed E-state index contributed by atoms with van der Waals surface area (Å²) in [4.78, 5) is 59.2. The molecule has 71 heavy (non-hydrogen) atoms. The molecule has 22 nitrogen and oxygen atoms in total. The minimum atomic E-state index is -4.99. The number of carbonyl (C=O) groups excluding carboxylic acids is 2. The van der Waals surface area contributed by atoms with Gasteiger partial charge in [0.2, 0.25) is 27.7 Å². The maximum atomic E-state index is 12.9. The molecule has 0 saturated heterocycles. The first-order chi connectivity index (χ1) is 33.0. The molecule has 0 spiro atoms. The van der Waals surface area contributed by atoms with Gasteiger partial charge in [-0.1, -0.05) is 23.2 Å². The Morgan fingerprint density at radius 2 is 1.41 bits per heavy atom. The summed E-state index contributed by atoms with van der Waals surface area (Å²) < 4.78 is 147. The largest absolute Gasteiger partial charge is 0.481 e. The number of carbonyl (C=O) groups is 3. The van der Waals surface area contributed by atoms with E-state index in [2.05, 4.69) is 19.9 Å². The summed E-state index contributed by atoms with van der Waals surface area (Å²) in [5.74, 6) is -2.72. The second kappa shape index (κ2) is 23.2. The van der Waals surface area contributed by atoms with Gasteiger partial charge in [0.1, 0.15) is 28.3 Å². The van der Waals surface area contributed by atoms with E-state index in [9.17, 15) is 67.7 Å². The van der Waals surface area contributed by atoms with Gasteiger partial charge in [-0.05, 0) is 60.7 Å². The van der Waals surface area contributed by atoms with Gasteiger partial charge in [0, 0.05) is 29.9 Å². The second-order valence-corrected chi connectivity index (χ2v) is 17.4. The molecule has 0 fully saturated rings. The number of carboxylic acid groups (broad SMARTS) is 1. The van der Waals surface area contributed by atoms with Crippen LogP contribution in [0.4, 0.5) is 42.8 Å². The molecule has 4 N–H and O–H groups in total. The number of nitrogens with one attached hydrogen (secondary N) is 3. The van der Waals surface area contributed by atoms with Crippen LogP contribution in [-0.2, 0) is 37.2 Å². The molecule has 6 rings (SSSR count). The molecule has 6 aromatic rings. The number of rotatable bonds is 13. The summed E-state index contributed by atoms with van der Waals surface area (Å²) in [7, 11) is -6.39. The van der Waals surface area contributed by atoms with Gasteiger partial charge in [-0.2, -0.15) is 44.7 Å². The zero-order valence-corrected chi connectivity index (χ0v) is 38.8. The first-order valence-corrected chi connectivity index (χ1v) is 22.7. The van der Waals surface area contributed by atoms with E-state index >= 15 is 0 Å². The Balaban J connectivity index is 0.000000240. The number of aromatic nitrogens is 4. The zero-order valence-electron chi connectivity index (χ0n) is 35.7. The summed E-state index contributed by atoms with van der Waals surface area (Å²) in [5, 5.41) is 21.1. The van der Waals surface area contributed by atoms with Gasteiger partial charge in [0.15, 0.2) is 11.6 Å². The van der Waals surface area contributed by atoms with Crippen molar-refractivity contribution in [1.29, 1.82) is 0 Å². The number of urea groups is 1. The molecule has 0 radical (unpaired) electrons. The van der Waals surface area contributed by atoms with Crippen LogP contribution in [0.15, 0.2) is 96.3 Å². The second-order valence-electron chi connectivity index (χ2n) is 13.2. The highest BCUT2D eigenvalue weighted by atomic mass is 35.5. The maximum absolute atomic E-state index is 12.9. The van der Waals surface area contributed by atoms with Crippen molar-refractivity contribution in [3.05, 3.63) is 128 Å². The first kappa shape index (κ1) is 55.8. The minimum Gasteiger partial charge on any atom is -0.481 e. The SMILES string of the molecule is COc1cc(OC)nc(NC(=O)NS(=O)(=O)c2ncccc2C(F)(F)F)n1.CS(=O)(=O)NC(=O)c1cc(Oc2ccc(C(F)(F)F)cc2Cl)ccc1[N+](=O)[O-].O=C(O)COc1ccc(Cl)c2cccnc12. The van der Waals surface area contributed by atoms with Crippen molar-refractivity contribution in [3.63, 3.8) is 0 Å². The Hall–Kier alpha value is -7.83. The standard InChI is InChI=1S/C15H10ClF3N2O6S.C13H12F3N5O5S.C11H8ClNO3/c1-28(25,26)20-14(22)10-7-9(3-4-12(10)21(23)24)27-13-5-2-8(6-11(13)16)15(17,18)19;1-25-8-6-9(26-2)19-11(18-8)20-12(22)21-27(23,24)10-7(13(14,15)16)4-3-5-17-10;12-8-3-4-9(16-6-10(14)15)11-7(8)2-1-5-13-11/h2-7H,1H3,(H,20,22);3-6H,1-2H3,(H2,18,19,20,21,22);1-5H,6H2,(H,14,15). The Bertz CT molecular complexity index is 3190. The highest BCUT2D eigenvalue weighted by Crippen LogP contribution is 2.38. The lowest BCUT2D eigenvalue weighted by Gasteiger charge is -2.13. The number of aliphatic carboxylic acids is 1. The van der Waals surface area contributed by atoms with Crippen LogP contribution < -0.4 is 33.7 Å². The third kappa shape index (κ3) is 16.1. The van der Waals surface area contributed by atoms with Crippen LogP contribution in [0.1, 0.15) is 21.5 Å². The van der Waals surface area contributed by atoms with Gasteiger partial charge >= 0.3 is 24.4 Å². The van der Waals surface area contributed by atoms with Gasteiger partial charge < -0.3 is 24.1 Å². The van der Waals surface area contributed by atoms with Crippen LogP contribution in [0.5, 0.6) is 29.0 Å². The fourth-order valence-electron chi connectivity index (χ4n) is 5.18. The number of nitro benzene ring substituents is 1. The van der Waals surface area contributed by atoms with E-state index in [0.717, 1.165) is 41.9 Å². The average molecular weight is 1080 g/mol. The van der Waals surface area contributed by atoms with E-state index in [-0.39, 0.29) is 23.3 Å². The summed E-state index contributed by atoms with van der Waals surface area (Å²) in [5.41, 5.74) is -3.30. The Kier molecular flexibility index (Phi) is 18.2.